The fourth-order valence-corrected chi connectivity index (χ4v) is 3.75. The zero-order chi connectivity index (χ0) is 18.1. The number of hydrogen-bond donors (Lipinski definition) is 1. The molecule has 0 aromatic heterocycles. The van der Waals surface area contributed by atoms with Crippen molar-refractivity contribution in [2.24, 2.45) is 11.7 Å². The van der Waals surface area contributed by atoms with Crippen molar-refractivity contribution < 1.29 is 14.3 Å². The lowest BCUT2D eigenvalue weighted by Gasteiger charge is -2.30. The van der Waals surface area contributed by atoms with E-state index in [1.165, 1.54) is 5.56 Å². The number of hydrogen-bond acceptors (Lipinski definition) is 3. The number of nitrogens with zero attached hydrogens (tertiary/aromatic N) is 1. The number of likely N-dealkylation sites (tertiary alicyclic amines) is 1. The van der Waals surface area contributed by atoms with Crippen LogP contribution in [0.15, 0.2) is 42.5 Å². The van der Waals surface area contributed by atoms with E-state index in [1.54, 1.807) is 0 Å². The molecule has 5 nitrogen and oxygen atoms in total. The maximum Gasteiger partial charge on any atom is 0.253 e. The standard InChI is InChI=1S/C21H22N2O3/c22-20(24)14-6-9-23(10-7-14)21(25)18-3-1-2-15(13-18)16-4-5-19-17(12-16)8-11-26-19/h1-5,12-14H,6-11H2,(H2,22,24). The lowest BCUT2D eigenvalue weighted by molar-refractivity contribution is -0.123. The van der Waals surface area contributed by atoms with Crippen molar-refractivity contribution in [1.29, 1.82) is 0 Å². The van der Waals surface area contributed by atoms with Crippen LogP contribution in [0, 0.1) is 5.92 Å². The van der Waals surface area contributed by atoms with Gasteiger partial charge in [-0.05, 0) is 53.8 Å². The van der Waals surface area contributed by atoms with E-state index in [0.717, 1.165) is 29.9 Å². The summed E-state index contributed by atoms with van der Waals surface area (Å²) in [6, 6.07) is 13.9. The molecule has 2 aliphatic rings. The number of fused-ring (bicyclic) bond motifs is 1. The van der Waals surface area contributed by atoms with E-state index in [0.29, 0.717) is 31.5 Å². The van der Waals surface area contributed by atoms with E-state index in [9.17, 15) is 9.59 Å². The number of rotatable bonds is 3. The van der Waals surface area contributed by atoms with Gasteiger partial charge in [-0.2, -0.15) is 0 Å². The predicted molar refractivity (Wildman–Crippen MR) is 98.9 cm³/mol. The Morgan fingerprint density at radius 1 is 1.04 bits per heavy atom. The molecule has 26 heavy (non-hydrogen) atoms. The summed E-state index contributed by atoms with van der Waals surface area (Å²) < 4.78 is 5.56. The first-order valence-electron chi connectivity index (χ1n) is 9.06. The van der Waals surface area contributed by atoms with E-state index in [1.807, 2.05) is 41.3 Å². The van der Waals surface area contributed by atoms with Crippen LogP contribution in [-0.2, 0) is 11.2 Å². The molecular formula is C21H22N2O3. The Balaban J connectivity index is 1.52. The molecule has 2 aliphatic heterocycles. The van der Waals surface area contributed by atoms with Crippen molar-refractivity contribution in [2.45, 2.75) is 19.3 Å². The molecule has 0 unspecified atom stereocenters. The molecule has 2 heterocycles. The summed E-state index contributed by atoms with van der Waals surface area (Å²) in [5, 5.41) is 0. The molecule has 134 valence electrons. The zero-order valence-electron chi connectivity index (χ0n) is 14.6. The number of benzene rings is 2. The average molecular weight is 350 g/mol. The third-order valence-electron chi connectivity index (χ3n) is 5.32. The van der Waals surface area contributed by atoms with Gasteiger partial charge in [0.2, 0.25) is 5.91 Å². The summed E-state index contributed by atoms with van der Waals surface area (Å²) in [4.78, 5) is 25.9. The van der Waals surface area contributed by atoms with Crippen molar-refractivity contribution in [3.63, 3.8) is 0 Å². The topological polar surface area (TPSA) is 72.6 Å². The molecule has 0 bridgehead atoms. The highest BCUT2D eigenvalue weighted by Crippen LogP contribution is 2.31. The zero-order valence-corrected chi connectivity index (χ0v) is 14.6. The molecule has 2 amide bonds. The molecule has 0 spiro atoms. The van der Waals surface area contributed by atoms with E-state index in [2.05, 4.69) is 6.07 Å². The Kier molecular flexibility index (Phi) is 4.37. The molecule has 0 atom stereocenters. The summed E-state index contributed by atoms with van der Waals surface area (Å²) in [6.07, 6.45) is 2.22. The highest BCUT2D eigenvalue weighted by Gasteiger charge is 2.26. The fraction of sp³-hybridized carbons (Fsp3) is 0.333. The van der Waals surface area contributed by atoms with Gasteiger partial charge in [0.1, 0.15) is 5.75 Å². The third kappa shape index (κ3) is 3.17. The van der Waals surface area contributed by atoms with Crippen molar-refractivity contribution >= 4 is 11.8 Å². The number of ether oxygens (including phenoxy) is 1. The van der Waals surface area contributed by atoms with Crippen LogP contribution >= 0.6 is 0 Å². The lowest BCUT2D eigenvalue weighted by Crippen LogP contribution is -2.41. The quantitative estimate of drug-likeness (QED) is 0.925. The first kappa shape index (κ1) is 16.6. The van der Waals surface area contributed by atoms with Gasteiger partial charge in [0.15, 0.2) is 0 Å². The van der Waals surface area contributed by atoms with E-state index in [4.69, 9.17) is 10.5 Å². The summed E-state index contributed by atoms with van der Waals surface area (Å²) in [6.45, 7) is 1.89. The van der Waals surface area contributed by atoms with Gasteiger partial charge < -0.3 is 15.4 Å². The smallest absolute Gasteiger partial charge is 0.253 e. The Morgan fingerprint density at radius 2 is 1.81 bits per heavy atom. The normalized spacial score (nSPS) is 16.8. The van der Waals surface area contributed by atoms with E-state index in [-0.39, 0.29) is 17.7 Å². The number of amides is 2. The molecule has 2 N–H and O–H groups in total. The minimum absolute atomic E-state index is 0.0132. The number of nitrogens with two attached hydrogens (primary N) is 1. The van der Waals surface area contributed by atoms with Gasteiger partial charge in [-0.3, -0.25) is 9.59 Å². The SMILES string of the molecule is NC(=O)C1CCN(C(=O)c2cccc(-c3ccc4c(c3)CCO4)c2)CC1. The summed E-state index contributed by atoms with van der Waals surface area (Å²) in [7, 11) is 0. The van der Waals surface area contributed by atoms with E-state index >= 15 is 0 Å². The van der Waals surface area contributed by atoms with Crippen molar-refractivity contribution in [2.75, 3.05) is 19.7 Å². The number of carbonyl (C=O) groups excluding carboxylic acids is 2. The Bertz CT molecular complexity index is 854. The predicted octanol–water partition coefficient (Wildman–Crippen LogP) is 2.63. The largest absolute Gasteiger partial charge is 0.493 e. The minimum atomic E-state index is -0.264. The highest BCUT2D eigenvalue weighted by molar-refractivity contribution is 5.95. The van der Waals surface area contributed by atoms with Crippen LogP contribution in [0.5, 0.6) is 5.75 Å². The maximum atomic E-state index is 12.8. The highest BCUT2D eigenvalue weighted by atomic mass is 16.5. The second-order valence-corrected chi connectivity index (χ2v) is 6.97. The average Bonchev–Trinajstić information content (AvgIpc) is 3.15. The van der Waals surface area contributed by atoms with Crippen LogP contribution in [0.3, 0.4) is 0 Å². The van der Waals surface area contributed by atoms with Crippen molar-refractivity contribution in [1.82, 2.24) is 4.90 Å². The second-order valence-electron chi connectivity index (χ2n) is 6.97. The van der Waals surface area contributed by atoms with Crippen molar-refractivity contribution in [3.05, 3.63) is 53.6 Å². The van der Waals surface area contributed by atoms with Crippen LogP contribution in [0.2, 0.25) is 0 Å². The van der Waals surface area contributed by atoms with Gasteiger partial charge in [0, 0.05) is 31.0 Å². The maximum absolute atomic E-state index is 12.8. The minimum Gasteiger partial charge on any atom is -0.493 e. The molecule has 0 radical (unpaired) electrons. The molecular weight excluding hydrogens is 328 g/mol. The Morgan fingerprint density at radius 3 is 2.58 bits per heavy atom. The molecule has 4 rings (SSSR count). The van der Waals surface area contributed by atoms with Gasteiger partial charge in [-0.15, -0.1) is 0 Å². The van der Waals surface area contributed by atoms with Crippen LogP contribution in [0.25, 0.3) is 11.1 Å². The molecule has 2 aromatic rings. The fourth-order valence-electron chi connectivity index (χ4n) is 3.75. The van der Waals surface area contributed by atoms with Crippen LogP contribution in [0.4, 0.5) is 0 Å². The number of primary amides is 1. The first-order valence-corrected chi connectivity index (χ1v) is 9.06. The molecule has 1 saturated heterocycles. The van der Waals surface area contributed by atoms with Gasteiger partial charge >= 0.3 is 0 Å². The van der Waals surface area contributed by atoms with E-state index < -0.39 is 0 Å². The molecule has 5 heteroatoms. The summed E-state index contributed by atoms with van der Waals surface area (Å²) in [5.41, 5.74) is 9.38. The second kappa shape index (κ2) is 6.83. The van der Waals surface area contributed by atoms with Crippen LogP contribution in [-0.4, -0.2) is 36.4 Å². The molecule has 0 saturated carbocycles. The number of piperidine rings is 1. The van der Waals surface area contributed by atoms with Gasteiger partial charge in [-0.25, -0.2) is 0 Å². The first-order chi connectivity index (χ1) is 12.6. The van der Waals surface area contributed by atoms with Gasteiger partial charge in [-0.1, -0.05) is 18.2 Å². The van der Waals surface area contributed by atoms with Crippen molar-refractivity contribution in [3.8, 4) is 16.9 Å². The molecule has 0 aliphatic carbocycles. The summed E-state index contributed by atoms with van der Waals surface area (Å²) in [5.74, 6) is 0.594. The van der Waals surface area contributed by atoms with Gasteiger partial charge in [0.05, 0.1) is 6.61 Å². The van der Waals surface area contributed by atoms with Gasteiger partial charge in [0.25, 0.3) is 5.91 Å². The van der Waals surface area contributed by atoms with Crippen LogP contribution in [0.1, 0.15) is 28.8 Å². The lowest BCUT2D eigenvalue weighted by atomic mass is 9.95. The number of carbonyl (C=O) groups is 2. The molecule has 1 fully saturated rings. The Hall–Kier alpha value is -2.82. The molecule has 2 aromatic carbocycles. The Labute approximate surface area is 152 Å². The third-order valence-corrected chi connectivity index (χ3v) is 5.32. The van der Waals surface area contributed by atoms with Crippen LogP contribution < -0.4 is 10.5 Å². The summed E-state index contributed by atoms with van der Waals surface area (Å²) >= 11 is 0. The monoisotopic (exact) mass is 350 g/mol.